The Morgan fingerprint density at radius 3 is 0.950 bits per heavy atom. The first-order valence-electron chi connectivity index (χ1n) is 20.1. The van der Waals surface area contributed by atoms with Gasteiger partial charge in [-0.1, -0.05) is 0 Å². The van der Waals surface area contributed by atoms with Crippen LogP contribution in [-0.4, -0.2) is 255 Å². The Morgan fingerprint density at radius 2 is 0.633 bits per heavy atom. The molecule has 0 aromatic carbocycles. The minimum atomic E-state index is -1.87. The second kappa shape index (κ2) is 25.6. The third-order valence-electron chi connectivity index (χ3n) is 11.4. The highest BCUT2D eigenvalue weighted by molar-refractivity contribution is 5.05. The Bertz CT molecular complexity index is 1110. The van der Waals surface area contributed by atoms with Gasteiger partial charge in [0.25, 0.3) is 0 Å². The topological polar surface area (TPSA) is 194 Å². The van der Waals surface area contributed by atoms with Gasteiger partial charge in [0.1, 0.15) is 93.1 Å². The van der Waals surface area contributed by atoms with Crippen molar-refractivity contribution < 1.29 is 99.5 Å². The summed E-state index contributed by atoms with van der Waals surface area (Å²) in [4.78, 5) is 0. The number of rotatable bonds is 15. The van der Waals surface area contributed by atoms with E-state index in [-0.39, 0.29) is 66.1 Å². The molecule has 0 radical (unpaired) electrons. The summed E-state index contributed by atoms with van der Waals surface area (Å²) >= 11 is 0. The molecule has 0 unspecified atom stereocenters. The van der Waals surface area contributed by atoms with Crippen molar-refractivity contribution in [1.29, 1.82) is 0 Å². The van der Waals surface area contributed by atoms with E-state index >= 15 is 0 Å². The summed E-state index contributed by atoms with van der Waals surface area (Å²) in [5.74, 6) is -5.29. The molecule has 4 saturated heterocycles. The second-order valence-corrected chi connectivity index (χ2v) is 14.6. The Labute approximate surface area is 354 Å². The van der Waals surface area contributed by atoms with Gasteiger partial charge in [0.05, 0.1) is 59.5 Å². The van der Waals surface area contributed by atoms with Gasteiger partial charge in [-0.3, -0.25) is 0 Å². The van der Waals surface area contributed by atoms with E-state index in [0.717, 1.165) is 0 Å². The Balaban J connectivity index is 1.93. The summed E-state index contributed by atoms with van der Waals surface area (Å²) in [6.07, 6.45) is -9.38. The highest BCUT2D eigenvalue weighted by Gasteiger charge is 2.64. The zero-order chi connectivity index (χ0) is 43.8. The Kier molecular flexibility index (Phi) is 22.1. The normalized spacial score (nSPS) is 42.0. The average Bonchev–Trinajstić information content (AvgIpc) is 3.26. The summed E-state index contributed by atoms with van der Waals surface area (Å²) in [5, 5.41) is 0. The predicted molar refractivity (Wildman–Crippen MR) is 206 cm³/mol. The summed E-state index contributed by atoms with van der Waals surface area (Å²) in [5.41, 5.74) is 0. The number of hydrogen-bond acceptors (Lipinski definition) is 21. The van der Waals surface area contributed by atoms with Crippen LogP contribution in [0.15, 0.2) is 0 Å². The predicted octanol–water partition coefficient (Wildman–Crippen LogP) is -0.541. The average molecular weight is 877 g/mol. The minimum Gasteiger partial charge on any atom is -0.382 e. The van der Waals surface area contributed by atoms with Crippen LogP contribution in [0.5, 0.6) is 0 Å². The molecule has 0 aliphatic carbocycles. The molecular weight excluding hydrogens is 804 g/mol. The molecule has 0 aromatic rings. The van der Waals surface area contributed by atoms with Crippen LogP contribution in [-0.2, 0) is 99.5 Å². The Hall–Kier alpha value is -0.840. The van der Waals surface area contributed by atoms with Crippen LogP contribution >= 0.6 is 0 Å². The highest BCUT2D eigenvalue weighted by atomic mass is 16.8. The lowest BCUT2D eigenvalue weighted by molar-refractivity contribution is -0.444. The molecule has 21 heteroatoms. The van der Waals surface area contributed by atoms with E-state index in [2.05, 4.69) is 0 Å². The van der Waals surface area contributed by atoms with Crippen molar-refractivity contribution in [1.82, 2.24) is 0 Å². The number of methoxy groups -OCH3 is 12. The maximum absolute atomic E-state index is 7.10. The molecule has 4 fully saturated rings. The molecule has 0 amide bonds. The minimum absolute atomic E-state index is 0.0450. The van der Waals surface area contributed by atoms with Crippen LogP contribution in [0.3, 0.4) is 0 Å². The van der Waals surface area contributed by atoms with Gasteiger partial charge in [-0.25, -0.2) is 0 Å². The summed E-state index contributed by atoms with van der Waals surface area (Å²) in [6.45, 7) is 0.571. The summed E-state index contributed by atoms with van der Waals surface area (Å²) < 4.78 is 131. The second-order valence-electron chi connectivity index (χ2n) is 14.6. The van der Waals surface area contributed by atoms with Crippen LogP contribution in [0.25, 0.3) is 0 Å². The van der Waals surface area contributed by atoms with Crippen molar-refractivity contribution in [3.8, 4) is 0 Å². The molecule has 4 heterocycles. The van der Waals surface area contributed by atoms with Gasteiger partial charge < -0.3 is 99.5 Å². The van der Waals surface area contributed by atoms with Crippen LogP contribution in [0.2, 0.25) is 0 Å². The van der Waals surface area contributed by atoms with Crippen molar-refractivity contribution >= 4 is 0 Å². The highest BCUT2D eigenvalue weighted by Crippen LogP contribution is 2.43. The van der Waals surface area contributed by atoms with E-state index < -0.39 is 97.2 Å². The quantitative estimate of drug-likeness (QED) is 0.203. The maximum atomic E-state index is 7.10. The van der Waals surface area contributed by atoms with Crippen molar-refractivity contribution in [2.45, 2.75) is 90.6 Å². The molecular formula is C39H72O21. The van der Waals surface area contributed by atoms with E-state index in [1.54, 1.807) is 64.0 Å². The molecule has 0 saturated carbocycles. The van der Waals surface area contributed by atoms with Gasteiger partial charge >= 0.3 is 0 Å². The molecule has 4 rings (SSSR count). The standard InChI is InChI=1S/C39H72O21/c1-40-19-25-28(43-4)31(46-7)34(49-10)37(58-25)22-54-16-15-52-13-14-53-17-18-55-38(35(50-11)32(47-8)29(44-5)26(59-38)20-41-2)23-57-39(24-56-37)36(51-12)33(48-9)30(45-6)27(60-39)21-42-3/h25-36H,13-24H2,1-12H3/t25-,26-,27-,28+,29+,30+,31+,32+,33+,34-,35-,36-,37+,38+,39+/m1/s1. The zero-order valence-corrected chi connectivity index (χ0v) is 37.5. The van der Waals surface area contributed by atoms with Gasteiger partial charge in [0.2, 0.25) is 17.4 Å². The lowest BCUT2D eigenvalue weighted by atomic mass is 9.90. The first-order valence-corrected chi connectivity index (χ1v) is 20.1. The molecule has 15 atom stereocenters. The number of hydrogen-bond donors (Lipinski definition) is 0. The molecule has 21 nitrogen and oxygen atoms in total. The van der Waals surface area contributed by atoms with E-state index in [9.17, 15) is 0 Å². The first-order chi connectivity index (χ1) is 29.2. The molecule has 354 valence electrons. The fourth-order valence-electron chi connectivity index (χ4n) is 8.72. The lowest BCUT2D eigenvalue weighted by Crippen LogP contribution is -2.74. The van der Waals surface area contributed by atoms with Crippen molar-refractivity contribution in [3.63, 3.8) is 0 Å². The lowest BCUT2D eigenvalue weighted by Gasteiger charge is -2.56. The summed E-state index contributed by atoms with van der Waals surface area (Å²) in [6, 6.07) is 0. The van der Waals surface area contributed by atoms with E-state index in [1.807, 2.05) is 0 Å². The van der Waals surface area contributed by atoms with Crippen LogP contribution in [0, 0.1) is 0 Å². The fourth-order valence-corrected chi connectivity index (χ4v) is 8.72. The van der Waals surface area contributed by atoms with Gasteiger partial charge in [0, 0.05) is 85.3 Å². The van der Waals surface area contributed by atoms with Gasteiger partial charge in [0.15, 0.2) is 0 Å². The fraction of sp³-hybridized carbons (Fsp3) is 1.00. The zero-order valence-electron chi connectivity index (χ0n) is 37.5. The maximum Gasteiger partial charge on any atom is 0.222 e. The van der Waals surface area contributed by atoms with Crippen LogP contribution in [0.1, 0.15) is 0 Å². The van der Waals surface area contributed by atoms with Crippen molar-refractivity contribution in [2.24, 2.45) is 0 Å². The van der Waals surface area contributed by atoms with E-state index in [4.69, 9.17) is 99.5 Å². The SMILES string of the molecule is COC[C@H]1O[C@@]2(COCCOCCOCCO[C@@]3(CO[C@@]4(CO2)O[C@H](COC)[C@H](OC)[C@H](OC)[C@H]4OC)O[C@H](COC)[C@H](OC)[C@H](OC)[C@H]3OC)[C@H](OC)[C@@H](OC)[C@H]1OC. The summed E-state index contributed by atoms with van der Waals surface area (Å²) in [7, 11) is 18.5. The largest absolute Gasteiger partial charge is 0.382 e. The molecule has 0 aromatic heterocycles. The van der Waals surface area contributed by atoms with Gasteiger partial charge in [-0.2, -0.15) is 0 Å². The first kappa shape index (κ1) is 51.8. The third-order valence-corrected chi connectivity index (χ3v) is 11.4. The van der Waals surface area contributed by atoms with Crippen molar-refractivity contribution in [2.75, 3.05) is 165 Å². The molecule has 0 N–H and O–H groups in total. The molecule has 3 spiro atoms. The molecule has 0 bridgehead atoms. The van der Waals surface area contributed by atoms with E-state index in [1.165, 1.54) is 21.3 Å². The smallest absolute Gasteiger partial charge is 0.222 e. The van der Waals surface area contributed by atoms with Crippen LogP contribution in [0.4, 0.5) is 0 Å². The number of ether oxygens (including phenoxy) is 21. The monoisotopic (exact) mass is 876 g/mol. The van der Waals surface area contributed by atoms with Crippen molar-refractivity contribution in [3.05, 3.63) is 0 Å². The van der Waals surface area contributed by atoms with Gasteiger partial charge in [-0.05, 0) is 0 Å². The molecule has 4 aliphatic heterocycles. The Morgan fingerprint density at radius 1 is 0.333 bits per heavy atom. The molecule has 60 heavy (non-hydrogen) atoms. The third kappa shape index (κ3) is 11.5. The van der Waals surface area contributed by atoms with E-state index in [0.29, 0.717) is 6.61 Å². The molecule has 4 aliphatic rings. The van der Waals surface area contributed by atoms with Gasteiger partial charge in [-0.15, -0.1) is 0 Å². The van der Waals surface area contributed by atoms with Crippen LogP contribution < -0.4 is 0 Å².